The maximum absolute atomic E-state index is 12.9. The van der Waals surface area contributed by atoms with E-state index >= 15 is 0 Å². The lowest BCUT2D eigenvalue weighted by molar-refractivity contribution is -0.121. The Kier molecular flexibility index (Phi) is 7.61. The Balaban J connectivity index is 1.19. The molecule has 1 atom stereocenters. The van der Waals surface area contributed by atoms with Crippen molar-refractivity contribution in [1.29, 1.82) is 0 Å². The number of fused-ring (bicyclic) bond motifs is 1. The average Bonchev–Trinajstić information content (AvgIpc) is 3.70. The van der Waals surface area contributed by atoms with Gasteiger partial charge >= 0.3 is 0 Å². The first kappa shape index (κ1) is 26.2. The van der Waals surface area contributed by atoms with Crippen LogP contribution in [0.25, 0.3) is 17.1 Å². The van der Waals surface area contributed by atoms with Crippen molar-refractivity contribution >= 4 is 40.6 Å². The van der Waals surface area contributed by atoms with Crippen LogP contribution in [-0.4, -0.2) is 77.3 Å². The highest BCUT2D eigenvalue weighted by atomic mass is 16.2. The lowest BCUT2D eigenvalue weighted by atomic mass is 9.96. The third-order valence-electron chi connectivity index (χ3n) is 8.06. The maximum Gasteiger partial charge on any atom is 0.276 e. The molecule has 2 fully saturated rings. The van der Waals surface area contributed by atoms with Gasteiger partial charge in [-0.3, -0.25) is 14.9 Å². The van der Waals surface area contributed by atoms with Crippen LogP contribution in [0.5, 0.6) is 0 Å². The van der Waals surface area contributed by atoms with E-state index in [9.17, 15) is 9.59 Å². The number of hydrogen-bond donors (Lipinski definition) is 4. The predicted molar refractivity (Wildman–Crippen MR) is 156 cm³/mol. The number of guanidine groups is 1. The second-order valence-electron chi connectivity index (χ2n) is 11.0. The molecular formula is C30H36N8O2. The maximum atomic E-state index is 12.9. The van der Waals surface area contributed by atoms with Crippen LogP contribution in [0.1, 0.15) is 42.9 Å². The summed E-state index contributed by atoms with van der Waals surface area (Å²) in [5, 5.41) is 10.2. The molecule has 10 heteroatoms. The highest BCUT2D eigenvalue weighted by Crippen LogP contribution is 2.25. The number of hydrogen-bond acceptors (Lipinski definition) is 7. The third kappa shape index (κ3) is 5.93. The number of H-pyrrole nitrogens is 1. The summed E-state index contributed by atoms with van der Waals surface area (Å²) >= 11 is 0. The number of aromatic amines is 1. The molecule has 6 rings (SSSR count). The van der Waals surface area contributed by atoms with Crippen molar-refractivity contribution in [2.75, 3.05) is 45.1 Å². The summed E-state index contributed by atoms with van der Waals surface area (Å²) in [7, 11) is 2.08. The number of benzene rings is 1. The van der Waals surface area contributed by atoms with Crippen LogP contribution in [0.4, 0.5) is 5.69 Å². The number of piperidine rings is 1. The van der Waals surface area contributed by atoms with Gasteiger partial charge in [0.15, 0.2) is 0 Å². The van der Waals surface area contributed by atoms with Gasteiger partial charge in [-0.25, -0.2) is 9.98 Å². The van der Waals surface area contributed by atoms with Gasteiger partial charge in [-0.2, -0.15) is 0 Å². The number of anilines is 1. The van der Waals surface area contributed by atoms with Crippen molar-refractivity contribution in [3.8, 4) is 0 Å². The molecule has 0 bridgehead atoms. The number of likely N-dealkylation sites (tertiary alicyclic amines) is 2. The molecule has 2 saturated heterocycles. The SMILES string of the molecule is CN1CCC(C(=O)Nc2cnc3[nH]cc(C=C4N=C(NC(CN5CCCC5)c5ccccc5)NC4=O)c3c2)CC1. The minimum atomic E-state index is -0.260. The Morgan fingerprint density at radius 2 is 1.93 bits per heavy atom. The van der Waals surface area contributed by atoms with Crippen LogP contribution < -0.4 is 16.0 Å². The zero-order valence-electron chi connectivity index (χ0n) is 22.8. The molecule has 5 heterocycles. The van der Waals surface area contributed by atoms with Gasteiger partial charge in [0.25, 0.3) is 5.91 Å². The molecular weight excluding hydrogens is 504 g/mol. The number of rotatable bonds is 7. The molecule has 3 aliphatic heterocycles. The fraction of sp³-hybridized carbons (Fsp3) is 0.400. The molecule has 208 valence electrons. The topological polar surface area (TPSA) is 118 Å². The Labute approximate surface area is 233 Å². The number of carbonyl (C=O) groups excluding carboxylic acids is 2. The van der Waals surface area contributed by atoms with Crippen LogP contribution >= 0.6 is 0 Å². The molecule has 3 aromatic rings. The lowest BCUT2D eigenvalue weighted by Crippen LogP contribution is -2.42. The van der Waals surface area contributed by atoms with Crippen molar-refractivity contribution in [1.82, 2.24) is 30.4 Å². The highest BCUT2D eigenvalue weighted by Gasteiger charge is 2.26. The molecule has 0 saturated carbocycles. The van der Waals surface area contributed by atoms with Gasteiger partial charge in [0.05, 0.1) is 17.9 Å². The van der Waals surface area contributed by atoms with Crippen molar-refractivity contribution in [3.63, 3.8) is 0 Å². The molecule has 2 aromatic heterocycles. The van der Waals surface area contributed by atoms with E-state index in [1.54, 1.807) is 12.3 Å². The van der Waals surface area contributed by atoms with Gasteiger partial charge in [0.1, 0.15) is 11.3 Å². The quantitative estimate of drug-likeness (QED) is 0.342. The zero-order valence-corrected chi connectivity index (χ0v) is 22.8. The first-order chi connectivity index (χ1) is 19.5. The molecule has 4 N–H and O–H groups in total. The Hall–Kier alpha value is -4.02. The summed E-state index contributed by atoms with van der Waals surface area (Å²) in [6, 6.07) is 12.2. The van der Waals surface area contributed by atoms with Gasteiger partial charge in [0.2, 0.25) is 11.9 Å². The monoisotopic (exact) mass is 540 g/mol. The van der Waals surface area contributed by atoms with Crippen LogP contribution in [0.3, 0.4) is 0 Å². The smallest absolute Gasteiger partial charge is 0.276 e. The van der Waals surface area contributed by atoms with Gasteiger partial charge < -0.3 is 25.4 Å². The molecule has 2 amide bonds. The summed E-state index contributed by atoms with van der Waals surface area (Å²) in [5.41, 5.74) is 3.58. The van der Waals surface area contributed by atoms with Gasteiger partial charge in [0, 0.05) is 29.6 Å². The first-order valence-corrected chi connectivity index (χ1v) is 14.1. The lowest BCUT2D eigenvalue weighted by Gasteiger charge is -2.28. The van der Waals surface area contributed by atoms with Gasteiger partial charge in [-0.1, -0.05) is 30.3 Å². The Morgan fingerprint density at radius 1 is 1.15 bits per heavy atom. The highest BCUT2D eigenvalue weighted by molar-refractivity contribution is 6.14. The fourth-order valence-electron chi connectivity index (χ4n) is 5.72. The second kappa shape index (κ2) is 11.6. The van der Waals surface area contributed by atoms with Crippen LogP contribution in [0.2, 0.25) is 0 Å². The van der Waals surface area contributed by atoms with Crippen LogP contribution in [-0.2, 0) is 9.59 Å². The van der Waals surface area contributed by atoms with Crippen molar-refractivity contribution in [2.45, 2.75) is 31.7 Å². The molecule has 40 heavy (non-hydrogen) atoms. The number of carbonyl (C=O) groups is 2. The van der Waals surface area contributed by atoms with E-state index in [0.29, 0.717) is 23.0 Å². The molecule has 3 aliphatic rings. The van der Waals surface area contributed by atoms with E-state index in [2.05, 4.69) is 59.9 Å². The molecule has 0 spiro atoms. The third-order valence-corrected chi connectivity index (χ3v) is 8.06. The predicted octanol–water partition coefficient (Wildman–Crippen LogP) is 3.10. The number of nitrogens with one attached hydrogen (secondary N) is 4. The average molecular weight is 541 g/mol. The summed E-state index contributed by atoms with van der Waals surface area (Å²) in [5.74, 6) is 0.229. The summed E-state index contributed by atoms with van der Waals surface area (Å²) < 4.78 is 0. The largest absolute Gasteiger partial charge is 0.348 e. The van der Waals surface area contributed by atoms with Crippen molar-refractivity contribution in [2.24, 2.45) is 10.9 Å². The van der Waals surface area contributed by atoms with Crippen LogP contribution in [0, 0.1) is 5.92 Å². The summed E-state index contributed by atoms with van der Waals surface area (Å²) in [6.07, 6.45) is 9.37. The minimum Gasteiger partial charge on any atom is -0.348 e. The summed E-state index contributed by atoms with van der Waals surface area (Å²) in [4.78, 5) is 42.7. The number of pyridine rings is 1. The minimum absolute atomic E-state index is 0.00530. The standard InChI is InChI=1S/C30H36N8O2/c1-37-13-9-21(10-14-37)28(39)33-23-16-24-22(17-31-27(24)32-18-23)15-25-29(40)36-30(34-25)35-26(19-38-11-5-6-12-38)20-7-3-2-4-8-20/h2-4,7-8,15-18,21,26H,5-6,9-14,19H2,1H3,(H,31,32)(H,33,39)(H2,34,35,36,40). The number of aromatic nitrogens is 2. The van der Waals surface area contributed by atoms with Crippen molar-refractivity contribution < 1.29 is 9.59 Å². The van der Waals surface area contributed by atoms with E-state index in [1.165, 1.54) is 12.8 Å². The fourth-order valence-corrected chi connectivity index (χ4v) is 5.72. The first-order valence-electron chi connectivity index (χ1n) is 14.1. The van der Waals surface area contributed by atoms with Crippen molar-refractivity contribution in [3.05, 3.63) is 65.6 Å². The Bertz CT molecular complexity index is 1430. The van der Waals surface area contributed by atoms with Gasteiger partial charge in [-0.05, 0) is 76.6 Å². The van der Waals surface area contributed by atoms with E-state index in [1.807, 2.05) is 30.5 Å². The molecule has 0 aliphatic carbocycles. The number of amides is 2. The molecule has 10 nitrogen and oxygen atoms in total. The molecule has 1 aromatic carbocycles. The number of nitrogens with zero attached hydrogens (tertiary/aromatic N) is 4. The van der Waals surface area contributed by atoms with Crippen LogP contribution in [0.15, 0.2) is 59.5 Å². The van der Waals surface area contributed by atoms with E-state index < -0.39 is 0 Å². The number of aliphatic imine (C=N–C) groups is 1. The van der Waals surface area contributed by atoms with E-state index in [4.69, 9.17) is 0 Å². The van der Waals surface area contributed by atoms with Gasteiger partial charge in [-0.15, -0.1) is 0 Å². The van der Waals surface area contributed by atoms with E-state index in [-0.39, 0.29) is 23.8 Å². The second-order valence-corrected chi connectivity index (χ2v) is 11.0. The summed E-state index contributed by atoms with van der Waals surface area (Å²) in [6.45, 7) is 4.87. The molecule has 0 radical (unpaired) electrons. The van der Waals surface area contributed by atoms with E-state index in [0.717, 1.165) is 62.1 Å². The Morgan fingerprint density at radius 3 is 2.70 bits per heavy atom. The zero-order chi connectivity index (χ0) is 27.5. The normalized spacial score (nSPS) is 20.6. The molecule has 1 unspecified atom stereocenters.